The molecule has 0 bridgehead atoms. The number of ether oxygens (including phenoxy) is 1. The first-order valence-corrected chi connectivity index (χ1v) is 3.82. The van der Waals surface area contributed by atoms with E-state index in [-0.39, 0.29) is 12.5 Å². The average Bonchev–Trinajstić information content (AvgIpc) is 2.35. The molecule has 12 heavy (non-hydrogen) atoms. The molecular formula is C8H11NO3. The lowest BCUT2D eigenvalue weighted by atomic mass is 10.2. The Morgan fingerprint density at radius 1 is 1.67 bits per heavy atom. The summed E-state index contributed by atoms with van der Waals surface area (Å²) in [5.41, 5.74) is 1.09. The molecule has 0 fully saturated rings. The summed E-state index contributed by atoms with van der Waals surface area (Å²) in [6.45, 7) is 3.78. The van der Waals surface area contributed by atoms with Crippen LogP contribution in [0, 0.1) is 0 Å². The van der Waals surface area contributed by atoms with Crippen LogP contribution < -0.4 is 5.32 Å². The van der Waals surface area contributed by atoms with Crippen molar-refractivity contribution in [2.45, 2.75) is 20.3 Å². The van der Waals surface area contributed by atoms with Crippen molar-refractivity contribution in [2.75, 3.05) is 6.61 Å². The van der Waals surface area contributed by atoms with Gasteiger partial charge in [0.05, 0.1) is 0 Å². The molecule has 0 unspecified atom stereocenters. The highest BCUT2D eigenvalue weighted by molar-refractivity contribution is 5.96. The quantitative estimate of drug-likeness (QED) is 0.606. The van der Waals surface area contributed by atoms with Crippen LogP contribution >= 0.6 is 0 Å². The number of cyclic esters (lactones) is 1. The van der Waals surface area contributed by atoms with Crippen LogP contribution in [-0.2, 0) is 14.3 Å². The van der Waals surface area contributed by atoms with Crippen LogP contribution in [0.1, 0.15) is 20.3 Å². The van der Waals surface area contributed by atoms with Gasteiger partial charge in [-0.2, -0.15) is 0 Å². The van der Waals surface area contributed by atoms with E-state index < -0.39 is 5.97 Å². The van der Waals surface area contributed by atoms with Gasteiger partial charge in [0.15, 0.2) is 0 Å². The molecule has 1 aliphatic rings. The zero-order chi connectivity index (χ0) is 9.14. The number of esters is 1. The van der Waals surface area contributed by atoms with Gasteiger partial charge in [0, 0.05) is 6.42 Å². The van der Waals surface area contributed by atoms with Crippen LogP contribution in [0.4, 0.5) is 0 Å². The lowest BCUT2D eigenvalue weighted by Gasteiger charge is -2.01. The van der Waals surface area contributed by atoms with Crippen LogP contribution in [0.2, 0.25) is 0 Å². The Morgan fingerprint density at radius 3 is 2.75 bits per heavy atom. The summed E-state index contributed by atoms with van der Waals surface area (Å²) >= 11 is 0. The summed E-state index contributed by atoms with van der Waals surface area (Å²) in [7, 11) is 0. The molecule has 0 saturated carbocycles. The molecule has 1 amide bonds. The van der Waals surface area contributed by atoms with Gasteiger partial charge in [0.25, 0.3) is 0 Å². The first-order valence-electron chi connectivity index (χ1n) is 3.82. The van der Waals surface area contributed by atoms with Crippen molar-refractivity contribution in [3.05, 3.63) is 11.3 Å². The molecule has 0 aliphatic carbocycles. The average molecular weight is 169 g/mol. The largest absolute Gasteiger partial charge is 0.456 e. The van der Waals surface area contributed by atoms with E-state index in [9.17, 15) is 9.59 Å². The van der Waals surface area contributed by atoms with Gasteiger partial charge < -0.3 is 10.1 Å². The highest BCUT2D eigenvalue weighted by Crippen LogP contribution is 2.11. The van der Waals surface area contributed by atoms with E-state index in [0.717, 1.165) is 5.57 Å². The predicted octanol–water partition coefficient (Wildman–Crippen LogP) is 0.343. The molecule has 0 aromatic heterocycles. The summed E-state index contributed by atoms with van der Waals surface area (Å²) in [6.07, 6.45) is 0.365. The van der Waals surface area contributed by atoms with Gasteiger partial charge in [-0.1, -0.05) is 6.92 Å². The van der Waals surface area contributed by atoms with Crippen molar-refractivity contribution in [2.24, 2.45) is 0 Å². The smallest absolute Gasteiger partial charge is 0.355 e. The van der Waals surface area contributed by atoms with Gasteiger partial charge in [-0.25, -0.2) is 4.79 Å². The molecule has 0 spiro atoms. The second-order valence-corrected chi connectivity index (χ2v) is 2.63. The third-order valence-corrected chi connectivity index (χ3v) is 1.64. The van der Waals surface area contributed by atoms with Crippen molar-refractivity contribution in [1.82, 2.24) is 5.32 Å². The maximum atomic E-state index is 10.9. The van der Waals surface area contributed by atoms with Crippen LogP contribution in [0.3, 0.4) is 0 Å². The Balaban J connectivity index is 2.67. The van der Waals surface area contributed by atoms with Gasteiger partial charge in [-0.3, -0.25) is 4.79 Å². The summed E-state index contributed by atoms with van der Waals surface area (Å²) < 4.78 is 4.70. The topological polar surface area (TPSA) is 55.4 Å². The second kappa shape index (κ2) is 3.38. The van der Waals surface area contributed by atoms with Crippen molar-refractivity contribution >= 4 is 11.9 Å². The van der Waals surface area contributed by atoms with Gasteiger partial charge in [-0.15, -0.1) is 0 Å². The number of carbonyl (C=O) groups is 2. The Morgan fingerprint density at radius 2 is 2.33 bits per heavy atom. The zero-order valence-electron chi connectivity index (χ0n) is 7.14. The molecule has 0 saturated heterocycles. The van der Waals surface area contributed by atoms with E-state index in [1.165, 1.54) is 0 Å². The SMILES string of the molecule is CCC(=O)NC1=C(C)COC1=O. The molecular weight excluding hydrogens is 158 g/mol. The number of amides is 1. The fraction of sp³-hybridized carbons (Fsp3) is 0.500. The van der Waals surface area contributed by atoms with Crippen molar-refractivity contribution < 1.29 is 14.3 Å². The van der Waals surface area contributed by atoms with Gasteiger partial charge >= 0.3 is 5.97 Å². The van der Waals surface area contributed by atoms with Crippen molar-refractivity contribution in [3.8, 4) is 0 Å². The molecule has 0 radical (unpaired) electrons. The third-order valence-electron chi connectivity index (χ3n) is 1.64. The summed E-state index contributed by atoms with van der Waals surface area (Å²) in [5.74, 6) is -0.600. The maximum Gasteiger partial charge on any atom is 0.355 e. The Bertz CT molecular complexity index is 255. The van der Waals surface area contributed by atoms with Gasteiger partial charge in [0.1, 0.15) is 12.3 Å². The normalized spacial score (nSPS) is 16.3. The predicted molar refractivity (Wildman–Crippen MR) is 42.1 cm³/mol. The van der Waals surface area contributed by atoms with E-state index >= 15 is 0 Å². The highest BCUT2D eigenvalue weighted by Gasteiger charge is 2.22. The minimum Gasteiger partial charge on any atom is -0.456 e. The van der Waals surface area contributed by atoms with Crippen molar-refractivity contribution in [1.29, 1.82) is 0 Å². The third kappa shape index (κ3) is 1.64. The van der Waals surface area contributed by atoms with Gasteiger partial charge in [-0.05, 0) is 12.5 Å². The molecule has 0 aromatic carbocycles. The monoisotopic (exact) mass is 169 g/mol. The molecule has 1 aliphatic heterocycles. The number of rotatable bonds is 2. The fourth-order valence-corrected chi connectivity index (χ4v) is 0.878. The minimum atomic E-state index is -0.436. The molecule has 4 heteroatoms. The number of nitrogens with one attached hydrogen (secondary N) is 1. The Kier molecular flexibility index (Phi) is 2.47. The minimum absolute atomic E-state index is 0.164. The van der Waals surface area contributed by atoms with Crippen LogP contribution in [-0.4, -0.2) is 18.5 Å². The van der Waals surface area contributed by atoms with E-state index in [1.807, 2.05) is 0 Å². The molecule has 0 aromatic rings. The highest BCUT2D eigenvalue weighted by atomic mass is 16.5. The van der Waals surface area contributed by atoms with Crippen LogP contribution in [0.5, 0.6) is 0 Å². The standard InChI is InChI=1S/C8H11NO3/c1-3-6(10)9-7-5(2)4-12-8(7)11/h3-4H2,1-2H3,(H,9,10). The van der Waals surface area contributed by atoms with Crippen LogP contribution in [0.15, 0.2) is 11.3 Å². The van der Waals surface area contributed by atoms with E-state index in [2.05, 4.69) is 5.32 Å². The molecule has 1 rings (SSSR count). The summed E-state index contributed by atoms with van der Waals surface area (Å²) in [5, 5.41) is 2.49. The first kappa shape index (κ1) is 8.77. The molecule has 4 nitrogen and oxygen atoms in total. The molecule has 66 valence electrons. The summed E-state index contributed by atoms with van der Waals surface area (Å²) in [4.78, 5) is 21.8. The van der Waals surface area contributed by atoms with E-state index in [1.54, 1.807) is 13.8 Å². The first-order chi connectivity index (χ1) is 5.65. The molecule has 0 atom stereocenters. The number of hydrogen-bond acceptors (Lipinski definition) is 3. The van der Waals surface area contributed by atoms with E-state index in [0.29, 0.717) is 12.1 Å². The number of carbonyl (C=O) groups excluding carboxylic acids is 2. The number of hydrogen-bond donors (Lipinski definition) is 1. The molecule has 1 N–H and O–H groups in total. The lowest BCUT2D eigenvalue weighted by Crippen LogP contribution is -2.25. The zero-order valence-corrected chi connectivity index (χ0v) is 7.14. The Labute approximate surface area is 70.6 Å². The van der Waals surface area contributed by atoms with Gasteiger partial charge in [0.2, 0.25) is 5.91 Å². The van der Waals surface area contributed by atoms with Crippen LogP contribution in [0.25, 0.3) is 0 Å². The van der Waals surface area contributed by atoms with Crippen molar-refractivity contribution in [3.63, 3.8) is 0 Å². The summed E-state index contributed by atoms with van der Waals surface area (Å²) in [6, 6.07) is 0. The Hall–Kier alpha value is -1.32. The van der Waals surface area contributed by atoms with E-state index in [4.69, 9.17) is 4.74 Å². The second-order valence-electron chi connectivity index (χ2n) is 2.63. The fourth-order valence-electron chi connectivity index (χ4n) is 0.878. The molecule has 1 heterocycles. The lowest BCUT2D eigenvalue weighted by molar-refractivity contribution is -0.137. The maximum absolute atomic E-state index is 10.9.